The summed E-state index contributed by atoms with van der Waals surface area (Å²) in [6.07, 6.45) is 0.883. The lowest BCUT2D eigenvalue weighted by atomic mass is 10.1. The van der Waals surface area contributed by atoms with Crippen LogP contribution in [0.1, 0.15) is 12.8 Å². The summed E-state index contributed by atoms with van der Waals surface area (Å²) in [5.74, 6) is -1.77. The molecule has 13 heavy (non-hydrogen) atoms. The van der Waals surface area contributed by atoms with Crippen molar-refractivity contribution in [1.29, 1.82) is 0 Å². The van der Waals surface area contributed by atoms with Crippen molar-refractivity contribution in [1.82, 2.24) is 5.32 Å². The Balaban J connectivity index is 3.94. The number of carboxylic acids is 1. The SMILES string of the molecule is NCCCC(NC(=O)CCl)C(=O)O. The van der Waals surface area contributed by atoms with Gasteiger partial charge in [-0.3, -0.25) is 4.79 Å². The summed E-state index contributed by atoms with van der Waals surface area (Å²) in [5.41, 5.74) is 5.21. The molecular weight excluding hydrogens is 196 g/mol. The van der Waals surface area contributed by atoms with E-state index in [-0.39, 0.29) is 5.88 Å². The highest BCUT2D eigenvalue weighted by molar-refractivity contribution is 6.27. The quantitative estimate of drug-likeness (QED) is 0.515. The molecule has 0 heterocycles. The Morgan fingerprint density at radius 1 is 1.54 bits per heavy atom. The number of halogens is 1. The third-order valence-corrected chi connectivity index (χ3v) is 1.69. The van der Waals surface area contributed by atoms with Crippen LogP contribution in [0.2, 0.25) is 0 Å². The predicted molar refractivity (Wildman–Crippen MR) is 48.6 cm³/mol. The van der Waals surface area contributed by atoms with Gasteiger partial charge in [0.1, 0.15) is 11.9 Å². The van der Waals surface area contributed by atoms with Gasteiger partial charge < -0.3 is 16.2 Å². The third kappa shape index (κ3) is 5.43. The third-order valence-electron chi connectivity index (χ3n) is 1.45. The normalized spacial score (nSPS) is 12.2. The van der Waals surface area contributed by atoms with Gasteiger partial charge in [-0.25, -0.2) is 4.79 Å². The molecule has 0 radical (unpaired) electrons. The molecule has 0 aliphatic heterocycles. The van der Waals surface area contributed by atoms with Crippen LogP contribution in [0.25, 0.3) is 0 Å². The molecule has 0 aliphatic rings. The van der Waals surface area contributed by atoms with Crippen LogP contribution in [-0.4, -0.2) is 35.4 Å². The summed E-state index contributed by atoms with van der Waals surface area (Å²) in [5, 5.41) is 10.9. The second-order valence-corrected chi connectivity index (χ2v) is 2.79. The fourth-order valence-corrected chi connectivity index (χ4v) is 0.889. The Bertz CT molecular complexity index is 187. The maximum absolute atomic E-state index is 10.8. The molecular formula is C7H13ClN2O3. The van der Waals surface area contributed by atoms with E-state index in [1.807, 2.05) is 0 Å². The minimum atomic E-state index is -1.06. The van der Waals surface area contributed by atoms with Crippen LogP contribution < -0.4 is 11.1 Å². The molecule has 0 aromatic rings. The number of rotatable bonds is 6. The van der Waals surface area contributed by atoms with Gasteiger partial charge in [-0.1, -0.05) is 0 Å². The summed E-state index contributed by atoms with van der Waals surface area (Å²) in [6, 6.07) is -0.880. The van der Waals surface area contributed by atoms with Gasteiger partial charge in [0.05, 0.1) is 0 Å². The first kappa shape index (κ1) is 12.2. The Morgan fingerprint density at radius 3 is 2.54 bits per heavy atom. The molecule has 5 nitrogen and oxygen atoms in total. The van der Waals surface area contributed by atoms with Crippen LogP contribution in [0, 0.1) is 0 Å². The molecule has 0 aliphatic carbocycles. The Hall–Kier alpha value is -0.810. The summed E-state index contributed by atoms with van der Waals surface area (Å²) in [6.45, 7) is 0.403. The van der Waals surface area contributed by atoms with E-state index in [4.69, 9.17) is 22.4 Å². The Kier molecular flexibility index (Phi) is 6.26. The predicted octanol–water partition coefficient (Wildman–Crippen LogP) is -0.467. The van der Waals surface area contributed by atoms with Crippen molar-refractivity contribution in [3.05, 3.63) is 0 Å². The number of aliphatic carboxylic acids is 1. The zero-order valence-corrected chi connectivity index (χ0v) is 7.88. The number of nitrogens with two attached hydrogens (primary N) is 1. The van der Waals surface area contributed by atoms with E-state index < -0.39 is 17.9 Å². The fourth-order valence-electron chi connectivity index (χ4n) is 0.812. The van der Waals surface area contributed by atoms with Crippen molar-refractivity contribution in [3.8, 4) is 0 Å². The molecule has 0 bridgehead atoms. The van der Waals surface area contributed by atoms with Gasteiger partial charge in [-0.15, -0.1) is 11.6 Å². The number of hydrogen-bond donors (Lipinski definition) is 3. The molecule has 1 atom stereocenters. The lowest BCUT2D eigenvalue weighted by Crippen LogP contribution is -2.41. The minimum Gasteiger partial charge on any atom is -0.480 e. The monoisotopic (exact) mass is 208 g/mol. The highest BCUT2D eigenvalue weighted by Crippen LogP contribution is 1.96. The van der Waals surface area contributed by atoms with Gasteiger partial charge in [-0.05, 0) is 19.4 Å². The Morgan fingerprint density at radius 2 is 2.15 bits per heavy atom. The van der Waals surface area contributed by atoms with Crippen LogP contribution in [0.3, 0.4) is 0 Å². The van der Waals surface area contributed by atoms with Gasteiger partial charge in [0.25, 0.3) is 0 Å². The molecule has 1 unspecified atom stereocenters. The average molecular weight is 209 g/mol. The van der Waals surface area contributed by atoms with Crippen LogP contribution in [0.15, 0.2) is 0 Å². The van der Waals surface area contributed by atoms with Gasteiger partial charge in [-0.2, -0.15) is 0 Å². The van der Waals surface area contributed by atoms with E-state index in [0.717, 1.165) is 0 Å². The van der Waals surface area contributed by atoms with Crippen LogP contribution in [0.4, 0.5) is 0 Å². The lowest BCUT2D eigenvalue weighted by Gasteiger charge is -2.12. The standard InChI is InChI=1S/C7H13ClN2O3/c8-4-6(11)10-5(7(12)13)2-1-3-9/h5H,1-4,9H2,(H,10,11)(H,12,13). The fraction of sp³-hybridized carbons (Fsp3) is 0.714. The number of carbonyl (C=O) groups excluding carboxylic acids is 1. The van der Waals surface area contributed by atoms with Crippen molar-refractivity contribution >= 4 is 23.5 Å². The van der Waals surface area contributed by atoms with E-state index in [1.165, 1.54) is 0 Å². The van der Waals surface area contributed by atoms with Crippen molar-refractivity contribution < 1.29 is 14.7 Å². The zero-order valence-electron chi connectivity index (χ0n) is 7.12. The first-order valence-electron chi connectivity index (χ1n) is 3.90. The van der Waals surface area contributed by atoms with Gasteiger partial charge in [0, 0.05) is 0 Å². The maximum Gasteiger partial charge on any atom is 0.326 e. The zero-order chi connectivity index (χ0) is 10.3. The molecule has 1 amide bonds. The number of amides is 1. The summed E-state index contributed by atoms with van der Waals surface area (Å²) in [7, 11) is 0. The molecule has 0 fully saturated rings. The van der Waals surface area contributed by atoms with Crippen molar-refractivity contribution in [2.75, 3.05) is 12.4 Å². The first-order chi connectivity index (χ1) is 6.11. The number of carbonyl (C=O) groups is 2. The van der Waals surface area contributed by atoms with E-state index in [0.29, 0.717) is 19.4 Å². The summed E-state index contributed by atoms with van der Waals surface area (Å²) in [4.78, 5) is 21.3. The van der Waals surface area contributed by atoms with Crippen LogP contribution >= 0.6 is 11.6 Å². The number of nitrogens with one attached hydrogen (secondary N) is 1. The van der Waals surface area contributed by atoms with E-state index >= 15 is 0 Å². The van der Waals surface area contributed by atoms with Crippen molar-refractivity contribution in [3.63, 3.8) is 0 Å². The topological polar surface area (TPSA) is 92.4 Å². The molecule has 0 rings (SSSR count). The average Bonchev–Trinajstić information content (AvgIpc) is 2.11. The van der Waals surface area contributed by atoms with Gasteiger partial charge in [0.15, 0.2) is 0 Å². The largest absolute Gasteiger partial charge is 0.480 e. The number of carboxylic acid groups (broad SMARTS) is 1. The Labute approximate surface area is 81.2 Å². The second kappa shape index (κ2) is 6.68. The van der Waals surface area contributed by atoms with Crippen LogP contribution in [0.5, 0.6) is 0 Å². The number of hydrogen-bond acceptors (Lipinski definition) is 3. The smallest absolute Gasteiger partial charge is 0.326 e. The molecule has 0 saturated heterocycles. The molecule has 0 saturated carbocycles. The highest BCUT2D eigenvalue weighted by atomic mass is 35.5. The highest BCUT2D eigenvalue weighted by Gasteiger charge is 2.18. The molecule has 0 spiro atoms. The van der Waals surface area contributed by atoms with E-state index in [1.54, 1.807) is 0 Å². The van der Waals surface area contributed by atoms with Crippen LogP contribution in [-0.2, 0) is 9.59 Å². The summed E-state index contributed by atoms with van der Waals surface area (Å²) < 4.78 is 0. The van der Waals surface area contributed by atoms with Gasteiger partial charge in [0.2, 0.25) is 5.91 Å². The number of alkyl halides is 1. The van der Waals surface area contributed by atoms with Crippen molar-refractivity contribution in [2.45, 2.75) is 18.9 Å². The molecule has 0 aromatic carbocycles. The minimum absolute atomic E-state index is 0.230. The molecule has 6 heteroatoms. The van der Waals surface area contributed by atoms with E-state index in [2.05, 4.69) is 5.32 Å². The molecule has 76 valence electrons. The van der Waals surface area contributed by atoms with Crippen molar-refractivity contribution in [2.24, 2.45) is 5.73 Å². The second-order valence-electron chi connectivity index (χ2n) is 2.52. The lowest BCUT2D eigenvalue weighted by molar-refractivity contribution is -0.141. The summed E-state index contributed by atoms with van der Waals surface area (Å²) >= 11 is 5.21. The molecule has 4 N–H and O–H groups in total. The molecule has 0 aromatic heterocycles. The first-order valence-corrected chi connectivity index (χ1v) is 4.43. The van der Waals surface area contributed by atoms with Gasteiger partial charge >= 0.3 is 5.97 Å². The maximum atomic E-state index is 10.8. The van der Waals surface area contributed by atoms with E-state index in [9.17, 15) is 9.59 Å².